The average Bonchev–Trinajstić information content (AvgIpc) is 2.88. The van der Waals surface area contributed by atoms with Crippen molar-refractivity contribution >= 4 is 33.3 Å². The summed E-state index contributed by atoms with van der Waals surface area (Å²) in [6.45, 7) is 1.06. The van der Waals surface area contributed by atoms with E-state index in [0.29, 0.717) is 15.1 Å². The third kappa shape index (κ3) is 3.44. The van der Waals surface area contributed by atoms with Crippen LogP contribution in [0.15, 0.2) is 27.2 Å². The van der Waals surface area contributed by atoms with Gasteiger partial charge in [-0.25, -0.2) is 0 Å². The highest BCUT2D eigenvalue weighted by Gasteiger charge is 2.44. The molecule has 0 spiro atoms. The van der Waals surface area contributed by atoms with Crippen molar-refractivity contribution in [1.82, 2.24) is 10.1 Å². The van der Waals surface area contributed by atoms with Crippen molar-refractivity contribution in [2.75, 3.05) is 0 Å². The molecule has 0 aliphatic carbocycles. The van der Waals surface area contributed by atoms with Crippen LogP contribution >= 0.6 is 27.5 Å². The standard InChI is InChI=1S/C12H7BrClF3N2O2/c1-5(9(20)12(15,16)17)11-18-10(19-21-11)6-2-3-8(14)7(13)4-6/h2-5H,1H3. The van der Waals surface area contributed by atoms with Gasteiger partial charge in [0.15, 0.2) is 0 Å². The lowest BCUT2D eigenvalue weighted by molar-refractivity contribution is -0.172. The Morgan fingerprint density at radius 2 is 2.10 bits per heavy atom. The van der Waals surface area contributed by atoms with Crippen molar-refractivity contribution in [2.24, 2.45) is 0 Å². The number of hydrogen-bond acceptors (Lipinski definition) is 4. The Morgan fingerprint density at radius 3 is 2.67 bits per heavy atom. The predicted molar refractivity (Wildman–Crippen MR) is 71.9 cm³/mol. The molecule has 0 saturated carbocycles. The van der Waals surface area contributed by atoms with Gasteiger partial charge in [0.1, 0.15) is 5.92 Å². The van der Waals surface area contributed by atoms with Gasteiger partial charge in [0, 0.05) is 10.0 Å². The van der Waals surface area contributed by atoms with Crippen molar-refractivity contribution in [2.45, 2.75) is 19.0 Å². The lowest BCUT2D eigenvalue weighted by Gasteiger charge is -2.08. The third-order valence-corrected chi connectivity index (χ3v) is 3.88. The van der Waals surface area contributed by atoms with Crippen molar-refractivity contribution < 1.29 is 22.5 Å². The normalized spacial score (nSPS) is 13.2. The van der Waals surface area contributed by atoms with Gasteiger partial charge in [0.05, 0.1) is 5.02 Å². The number of benzene rings is 1. The Morgan fingerprint density at radius 1 is 1.43 bits per heavy atom. The summed E-state index contributed by atoms with van der Waals surface area (Å²) in [5, 5.41) is 4.03. The van der Waals surface area contributed by atoms with Crippen LogP contribution in [0.25, 0.3) is 11.4 Å². The van der Waals surface area contributed by atoms with E-state index in [1.165, 1.54) is 0 Å². The van der Waals surface area contributed by atoms with E-state index in [4.69, 9.17) is 16.1 Å². The molecule has 1 heterocycles. The molecule has 0 aliphatic rings. The summed E-state index contributed by atoms with van der Waals surface area (Å²) in [5.74, 6) is -3.81. The van der Waals surface area contributed by atoms with Crippen LogP contribution in [0.4, 0.5) is 13.2 Å². The molecule has 1 aromatic heterocycles. The fourth-order valence-corrected chi connectivity index (χ4v) is 2.02. The van der Waals surface area contributed by atoms with Crippen LogP contribution in [0.1, 0.15) is 18.7 Å². The van der Waals surface area contributed by atoms with Crippen molar-refractivity contribution in [3.8, 4) is 11.4 Å². The number of carbonyl (C=O) groups is 1. The second-order valence-electron chi connectivity index (χ2n) is 4.17. The smallest absolute Gasteiger partial charge is 0.338 e. The van der Waals surface area contributed by atoms with E-state index in [1.807, 2.05) is 0 Å². The number of ketones is 1. The number of nitrogens with zero attached hydrogens (tertiary/aromatic N) is 2. The summed E-state index contributed by atoms with van der Waals surface area (Å²) in [4.78, 5) is 15.0. The molecule has 4 nitrogen and oxygen atoms in total. The summed E-state index contributed by atoms with van der Waals surface area (Å²) < 4.78 is 42.4. The first-order valence-electron chi connectivity index (χ1n) is 5.60. The van der Waals surface area contributed by atoms with Gasteiger partial charge in [0.25, 0.3) is 0 Å². The SMILES string of the molecule is CC(C(=O)C(F)(F)F)c1nc(-c2ccc(Cl)c(Br)c2)no1. The number of rotatable bonds is 3. The van der Waals surface area contributed by atoms with Gasteiger partial charge >= 0.3 is 6.18 Å². The molecule has 21 heavy (non-hydrogen) atoms. The van der Waals surface area contributed by atoms with E-state index in [9.17, 15) is 18.0 Å². The number of alkyl halides is 3. The first kappa shape index (κ1) is 16.0. The van der Waals surface area contributed by atoms with Gasteiger partial charge in [0.2, 0.25) is 17.5 Å². The number of Topliss-reactive ketones (excluding diaryl/α,β-unsaturated/α-hetero) is 1. The zero-order valence-corrected chi connectivity index (χ0v) is 12.8. The molecule has 1 aromatic carbocycles. The van der Waals surface area contributed by atoms with Gasteiger partial charge in [-0.2, -0.15) is 18.2 Å². The number of aromatic nitrogens is 2. The minimum absolute atomic E-state index is 0.0733. The van der Waals surface area contributed by atoms with Gasteiger partial charge in [-0.05, 0) is 41.1 Å². The van der Waals surface area contributed by atoms with Gasteiger partial charge in [-0.15, -0.1) is 0 Å². The molecule has 0 aliphatic heterocycles. The predicted octanol–water partition coefficient (Wildman–Crippen LogP) is 4.39. The molecular formula is C12H7BrClF3N2O2. The van der Waals surface area contributed by atoms with Crippen LogP contribution in [-0.2, 0) is 4.79 Å². The highest BCUT2D eigenvalue weighted by Crippen LogP contribution is 2.30. The maximum atomic E-state index is 12.4. The molecule has 0 saturated heterocycles. The Kier molecular flexibility index (Phi) is 4.38. The Bertz CT molecular complexity index is 687. The van der Waals surface area contributed by atoms with E-state index in [0.717, 1.165) is 6.92 Å². The number of carbonyl (C=O) groups excluding carboxylic acids is 1. The van der Waals surface area contributed by atoms with Crippen LogP contribution in [0.2, 0.25) is 5.02 Å². The topological polar surface area (TPSA) is 56.0 Å². The van der Waals surface area contributed by atoms with Crippen LogP contribution < -0.4 is 0 Å². The zero-order valence-electron chi connectivity index (χ0n) is 10.4. The Hall–Kier alpha value is -1.41. The van der Waals surface area contributed by atoms with Crippen molar-refractivity contribution in [1.29, 1.82) is 0 Å². The monoisotopic (exact) mass is 382 g/mol. The molecule has 2 aromatic rings. The molecule has 1 unspecified atom stereocenters. The van der Waals surface area contributed by atoms with E-state index < -0.39 is 23.8 Å². The quantitative estimate of drug-likeness (QED) is 0.789. The molecule has 1 atom stereocenters. The molecule has 0 fully saturated rings. The maximum absolute atomic E-state index is 12.4. The maximum Gasteiger partial charge on any atom is 0.450 e. The average molecular weight is 384 g/mol. The molecule has 112 valence electrons. The lowest BCUT2D eigenvalue weighted by atomic mass is 10.1. The van der Waals surface area contributed by atoms with Crippen molar-refractivity contribution in [3.63, 3.8) is 0 Å². The summed E-state index contributed by atoms with van der Waals surface area (Å²) >= 11 is 9.04. The van der Waals surface area contributed by atoms with Crippen LogP contribution in [0, 0.1) is 0 Å². The Balaban J connectivity index is 2.29. The summed E-state index contributed by atoms with van der Waals surface area (Å²) in [6, 6.07) is 4.74. The molecule has 9 heteroatoms. The first-order valence-corrected chi connectivity index (χ1v) is 6.77. The summed E-state index contributed by atoms with van der Waals surface area (Å²) in [7, 11) is 0. The van der Waals surface area contributed by atoms with E-state index >= 15 is 0 Å². The first-order chi connectivity index (χ1) is 9.70. The van der Waals surface area contributed by atoms with Crippen LogP contribution in [0.3, 0.4) is 0 Å². The highest BCUT2D eigenvalue weighted by molar-refractivity contribution is 9.10. The molecule has 0 bridgehead atoms. The minimum Gasteiger partial charge on any atom is -0.338 e. The van der Waals surface area contributed by atoms with Crippen LogP contribution in [-0.4, -0.2) is 22.1 Å². The molecule has 0 radical (unpaired) electrons. The fraction of sp³-hybridized carbons (Fsp3) is 0.250. The van der Waals surface area contributed by atoms with Gasteiger partial charge in [-0.1, -0.05) is 16.8 Å². The van der Waals surface area contributed by atoms with Crippen molar-refractivity contribution in [3.05, 3.63) is 33.6 Å². The van der Waals surface area contributed by atoms with Crippen LogP contribution in [0.5, 0.6) is 0 Å². The van der Waals surface area contributed by atoms with E-state index in [2.05, 4.69) is 26.1 Å². The minimum atomic E-state index is -4.95. The van der Waals surface area contributed by atoms with Gasteiger partial charge < -0.3 is 4.52 Å². The zero-order chi connectivity index (χ0) is 15.8. The highest BCUT2D eigenvalue weighted by atomic mass is 79.9. The molecule has 0 amide bonds. The second-order valence-corrected chi connectivity index (χ2v) is 5.43. The summed E-state index contributed by atoms with van der Waals surface area (Å²) in [5.41, 5.74) is 0.493. The molecular weight excluding hydrogens is 376 g/mol. The van der Waals surface area contributed by atoms with Gasteiger partial charge in [-0.3, -0.25) is 4.79 Å². The number of hydrogen-bond donors (Lipinski definition) is 0. The largest absolute Gasteiger partial charge is 0.450 e. The molecule has 2 rings (SSSR count). The lowest BCUT2D eigenvalue weighted by Crippen LogP contribution is -2.27. The van der Waals surface area contributed by atoms with E-state index in [-0.39, 0.29) is 5.82 Å². The molecule has 0 N–H and O–H groups in total. The fourth-order valence-electron chi connectivity index (χ4n) is 1.52. The number of halogens is 5. The summed E-state index contributed by atoms with van der Waals surface area (Å²) in [6.07, 6.45) is -4.95. The third-order valence-electron chi connectivity index (χ3n) is 2.66. The Labute approximate surface area is 130 Å². The second kappa shape index (κ2) is 5.76. The van der Waals surface area contributed by atoms with E-state index in [1.54, 1.807) is 18.2 Å².